The molecule has 0 unspecified atom stereocenters. The molecule has 0 radical (unpaired) electrons. The van der Waals surface area contributed by atoms with Crippen LogP contribution in [0.2, 0.25) is 5.02 Å². The van der Waals surface area contributed by atoms with E-state index >= 15 is 0 Å². The van der Waals surface area contributed by atoms with Gasteiger partial charge in [-0.05, 0) is 49.7 Å². The molecule has 1 N–H and O–H groups in total. The quantitative estimate of drug-likeness (QED) is 0.417. The summed E-state index contributed by atoms with van der Waals surface area (Å²) >= 11 is 6.22. The number of nitrogens with zero attached hydrogens (tertiary/aromatic N) is 2. The predicted molar refractivity (Wildman–Crippen MR) is 144 cm³/mol. The summed E-state index contributed by atoms with van der Waals surface area (Å²) in [7, 11) is -1.33. The third kappa shape index (κ3) is 6.61. The molecule has 3 aromatic rings. The van der Waals surface area contributed by atoms with Gasteiger partial charge in [-0.3, -0.25) is 13.9 Å². The van der Waals surface area contributed by atoms with Gasteiger partial charge in [0.25, 0.3) is 10.0 Å². The van der Waals surface area contributed by atoms with Crippen molar-refractivity contribution in [2.45, 2.75) is 31.3 Å². The van der Waals surface area contributed by atoms with E-state index in [9.17, 15) is 18.0 Å². The number of ether oxygens (including phenoxy) is 1. The maximum Gasteiger partial charge on any atom is 0.264 e. The Labute approximate surface area is 222 Å². The van der Waals surface area contributed by atoms with Crippen molar-refractivity contribution >= 4 is 39.1 Å². The number of rotatable bonds is 10. The molecule has 0 aliphatic rings. The number of aryl methyl sites for hydroxylation is 1. The maximum atomic E-state index is 13.8. The topological polar surface area (TPSA) is 96.0 Å². The van der Waals surface area contributed by atoms with Crippen LogP contribution in [0.3, 0.4) is 0 Å². The summed E-state index contributed by atoms with van der Waals surface area (Å²) in [4.78, 5) is 27.7. The zero-order valence-corrected chi connectivity index (χ0v) is 22.7. The van der Waals surface area contributed by atoms with Crippen LogP contribution in [0.15, 0.2) is 77.7 Å². The van der Waals surface area contributed by atoms with Crippen LogP contribution >= 0.6 is 11.6 Å². The van der Waals surface area contributed by atoms with Gasteiger partial charge in [-0.15, -0.1) is 0 Å². The zero-order chi connectivity index (χ0) is 27.2. The molecule has 3 aromatic carbocycles. The maximum absolute atomic E-state index is 13.8. The van der Waals surface area contributed by atoms with Crippen LogP contribution in [0.1, 0.15) is 18.1 Å². The molecule has 0 aromatic heterocycles. The smallest absolute Gasteiger partial charge is 0.264 e. The van der Waals surface area contributed by atoms with Gasteiger partial charge in [0, 0.05) is 18.6 Å². The molecular formula is C27H30ClN3O5S. The van der Waals surface area contributed by atoms with Crippen LogP contribution in [-0.4, -0.2) is 51.9 Å². The highest BCUT2D eigenvalue weighted by Crippen LogP contribution is 2.35. The number of sulfonamides is 1. The minimum Gasteiger partial charge on any atom is -0.495 e. The third-order valence-corrected chi connectivity index (χ3v) is 7.88. The van der Waals surface area contributed by atoms with Crippen molar-refractivity contribution in [3.05, 3.63) is 88.9 Å². The van der Waals surface area contributed by atoms with Crippen LogP contribution < -0.4 is 14.4 Å². The van der Waals surface area contributed by atoms with Crippen molar-refractivity contribution in [1.82, 2.24) is 10.2 Å². The highest BCUT2D eigenvalue weighted by Gasteiger charge is 2.33. The number of likely N-dealkylation sites (N-methyl/N-ethyl adjacent to an activating group) is 1. The normalized spacial score (nSPS) is 11.9. The number of carbonyl (C=O) groups is 2. The van der Waals surface area contributed by atoms with E-state index in [4.69, 9.17) is 16.3 Å². The van der Waals surface area contributed by atoms with Crippen molar-refractivity contribution in [2.75, 3.05) is 25.0 Å². The lowest BCUT2D eigenvalue weighted by Gasteiger charge is -2.32. The predicted octanol–water partition coefficient (Wildman–Crippen LogP) is 4.02. The fraction of sp³-hybridized carbons (Fsp3) is 0.259. The number of hydrogen-bond donors (Lipinski definition) is 1. The number of nitrogens with one attached hydrogen (secondary N) is 1. The summed E-state index contributed by atoms with van der Waals surface area (Å²) in [5, 5.41) is 2.83. The van der Waals surface area contributed by atoms with Crippen molar-refractivity contribution in [3.8, 4) is 5.75 Å². The van der Waals surface area contributed by atoms with E-state index in [1.54, 1.807) is 31.2 Å². The molecule has 8 nitrogen and oxygen atoms in total. The van der Waals surface area contributed by atoms with Gasteiger partial charge in [0.05, 0.1) is 17.7 Å². The number of methoxy groups -OCH3 is 1. The van der Waals surface area contributed by atoms with Gasteiger partial charge in [0.1, 0.15) is 18.3 Å². The molecule has 3 rings (SSSR count). The molecule has 0 saturated heterocycles. The van der Waals surface area contributed by atoms with E-state index in [0.717, 1.165) is 15.4 Å². The molecule has 0 spiro atoms. The van der Waals surface area contributed by atoms with Gasteiger partial charge in [-0.2, -0.15) is 0 Å². The summed E-state index contributed by atoms with van der Waals surface area (Å²) in [5.41, 5.74) is 1.91. The fourth-order valence-corrected chi connectivity index (χ4v) is 5.49. The molecule has 196 valence electrons. The fourth-order valence-electron chi connectivity index (χ4n) is 3.89. The molecule has 2 amide bonds. The van der Waals surface area contributed by atoms with Gasteiger partial charge < -0.3 is 15.0 Å². The average Bonchev–Trinajstić information content (AvgIpc) is 2.89. The second-order valence-corrected chi connectivity index (χ2v) is 10.7. The molecule has 0 heterocycles. The summed E-state index contributed by atoms with van der Waals surface area (Å²) in [6.45, 7) is 3.06. The van der Waals surface area contributed by atoms with Gasteiger partial charge >= 0.3 is 0 Å². The lowest BCUT2D eigenvalue weighted by molar-refractivity contribution is -0.139. The largest absolute Gasteiger partial charge is 0.495 e. The van der Waals surface area contributed by atoms with E-state index in [-0.39, 0.29) is 33.8 Å². The van der Waals surface area contributed by atoms with E-state index in [1.807, 2.05) is 31.2 Å². The van der Waals surface area contributed by atoms with E-state index < -0.39 is 28.5 Å². The van der Waals surface area contributed by atoms with Crippen LogP contribution in [0, 0.1) is 6.92 Å². The first kappa shape index (κ1) is 28.0. The number of anilines is 1. The SMILES string of the molecule is CNC(=O)[C@H](C)N(Cc1cccc(C)c1)C(=O)CN(c1cc(Cl)ccc1OC)S(=O)(=O)c1ccccc1. The highest BCUT2D eigenvalue weighted by atomic mass is 35.5. The molecule has 0 aliphatic heterocycles. The first-order valence-corrected chi connectivity index (χ1v) is 13.4. The van der Waals surface area contributed by atoms with Gasteiger partial charge in [-0.1, -0.05) is 59.6 Å². The van der Waals surface area contributed by atoms with Crippen molar-refractivity contribution < 1.29 is 22.7 Å². The molecule has 1 atom stereocenters. The number of amides is 2. The molecule has 0 fully saturated rings. The molecular weight excluding hydrogens is 514 g/mol. The van der Waals surface area contributed by atoms with Crippen molar-refractivity contribution in [1.29, 1.82) is 0 Å². The zero-order valence-electron chi connectivity index (χ0n) is 21.1. The van der Waals surface area contributed by atoms with Crippen molar-refractivity contribution in [3.63, 3.8) is 0 Å². The Bertz CT molecular complexity index is 1370. The monoisotopic (exact) mass is 543 g/mol. The summed E-state index contributed by atoms with van der Waals surface area (Å²) < 4.78 is 34.0. The number of benzene rings is 3. The number of halogens is 1. The third-order valence-electron chi connectivity index (χ3n) is 5.87. The van der Waals surface area contributed by atoms with Gasteiger partial charge in [0.15, 0.2) is 0 Å². The van der Waals surface area contributed by atoms with E-state index in [1.165, 1.54) is 43.3 Å². The van der Waals surface area contributed by atoms with Crippen LogP contribution in [-0.2, 0) is 26.2 Å². The first-order chi connectivity index (χ1) is 17.6. The Kier molecular flexibility index (Phi) is 9.18. The Balaban J connectivity index is 2.10. The summed E-state index contributed by atoms with van der Waals surface area (Å²) in [5.74, 6) is -0.723. The molecule has 37 heavy (non-hydrogen) atoms. The Morgan fingerprint density at radius 1 is 1.03 bits per heavy atom. The van der Waals surface area contributed by atoms with Gasteiger partial charge in [-0.25, -0.2) is 8.42 Å². The first-order valence-electron chi connectivity index (χ1n) is 11.6. The second kappa shape index (κ2) is 12.1. The van der Waals surface area contributed by atoms with Crippen LogP contribution in [0.5, 0.6) is 5.75 Å². The number of carbonyl (C=O) groups excluding carboxylic acids is 2. The lowest BCUT2D eigenvalue weighted by Crippen LogP contribution is -2.50. The molecule has 0 saturated carbocycles. The Hall–Kier alpha value is -3.56. The molecule has 10 heteroatoms. The second-order valence-electron chi connectivity index (χ2n) is 8.44. The summed E-state index contributed by atoms with van der Waals surface area (Å²) in [6, 6.07) is 19.0. The van der Waals surface area contributed by atoms with Crippen LogP contribution in [0.25, 0.3) is 0 Å². The molecule has 0 bridgehead atoms. The van der Waals surface area contributed by atoms with E-state index in [0.29, 0.717) is 0 Å². The standard InChI is InChI=1S/C27H30ClN3O5S/c1-19-9-8-10-21(15-19)17-30(20(2)27(33)29-3)26(32)18-31(24-16-22(28)13-14-25(24)36-4)37(34,35)23-11-6-5-7-12-23/h5-16,20H,17-18H2,1-4H3,(H,29,33)/t20-/m0/s1. The number of hydrogen-bond acceptors (Lipinski definition) is 5. The van der Waals surface area contributed by atoms with Gasteiger partial charge in [0.2, 0.25) is 11.8 Å². The summed E-state index contributed by atoms with van der Waals surface area (Å²) in [6.07, 6.45) is 0. The Morgan fingerprint density at radius 2 is 1.73 bits per heavy atom. The van der Waals surface area contributed by atoms with E-state index in [2.05, 4.69) is 5.32 Å². The minimum absolute atomic E-state index is 0.00517. The highest BCUT2D eigenvalue weighted by molar-refractivity contribution is 7.92. The lowest BCUT2D eigenvalue weighted by atomic mass is 10.1. The minimum atomic E-state index is -4.22. The van der Waals surface area contributed by atoms with Crippen molar-refractivity contribution in [2.24, 2.45) is 0 Å². The molecule has 0 aliphatic carbocycles. The van der Waals surface area contributed by atoms with Crippen LogP contribution in [0.4, 0.5) is 5.69 Å². The average molecular weight is 544 g/mol. The Morgan fingerprint density at radius 3 is 2.35 bits per heavy atom.